The smallest absolute Gasteiger partial charge is 0.272 e. The summed E-state index contributed by atoms with van der Waals surface area (Å²) in [5.41, 5.74) is 0.386. The first-order valence-corrected chi connectivity index (χ1v) is 7.70. The predicted octanol–water partition coefficient (Wildman–Crippen LogP) is 2.84. The zero-order valence-corrected chi connectivity index (χ0v) is 13.0. The minimum Gasteiger partial charge on any atom is -0.272 e. The molecule has 106 valence electrons. The second-order valence-corrected chi connectivity index (χ2v) is 6.69. The van der Waals surface area contributed by atoms with Crippen LogP contribution in [0.25, 0.3) is 0 Å². The molecule has 1 aromatic carbocycles. The molecule has 0 atom stereocenters. The SMILES string of the molecule is CC1(C(=O)N2CCCN2C(=O)c2ccc(Br)cc2)CC1. The van der Waals surface area contributed by atoms with E-state index < -0.39 is 0 Å². The number of halogens is 1. The molecule has 0 aromatic heterocycles. The van der Waals surface area contributed by atoms with Gasteiger partial charge in [-0.3, -0.25) is 14.6 Å². The third-order valence-electron chi connectivity index (χ3n) is 4.11. The first-order chi connectivity index (χ1) is 9.51. The summed E-state index contributed by atoms with van der Waals surface area (Å²) in [7, 11) is 0. The van der Waals surface area contributed by atoms with Gasteiger partial charge in [0.1, 0.15) is 0 Å². The second-order valence-electron chi connectivity index (χ2n) is 5.78. The van der Waals surface area contributed by atoms with Crippen LogP contribution in [0.2, 0.25) is 0 Å². The molecule has 4 nitrogen and oxygen atoms in total. The molecule has 1 aliphatic carbocycles. The molecule has 5 heteroatoms. The van der Waals surface area contributed by atoms with Gasteiger partial charge < -0.3 is 0 Å². The number of benzene rings is 1. The van der Waals surface area contributed by atoms with Gasteiger partial charge in [-0.15, -0.1) is 0 Å². The number of hydrazine groups is 1. The Balaban J connectivity index is 1.79. The van der Waals surface area contributed by atoms with Crippen molar-refractivity contribution in [1.29, 1.82) is 0 Å². The quantitative estimate of drug-likeness (QED) is 0.833. The van der Waals surface area contributed by atoms with E-state index in [1.165, 1.54) is 0 Å². The Labute approximate surface area is 126 Å². The third-order valence-corrected chi connectivity index (χ3v) is 4.64. The lowest BCUT2D eigenvalue weighted by Crippen LogP contribution is -2.47. The van der Waals surface area contributed by atoms with E-state index in [0.29, 0.717) is 18.7 Å². The first-order valence-electron chi connectivity index (χ1n) is 6.91. The number of nitrogens with zero attached hydrogens (tertiary/aromatic N) is 2. The maximum absolute atomic E-state index is 12.5. The van der Waals surface area contributed by atoms with E-state index in [0.717, 1.165) is 23.7 Å². The fraction of sp³-hybridized carbons (Fsp3) is 0.467. The van der Waals surface area contributed by atoms with Crippen LogP contribution in [0.15, 0.2) is 28.7 Å². The number of hydrogen-bond acceptors (Lipinski definition) is 2. The second kappa shape index (κ2) is 4.88. The lowest BCUT2D eigenvalue weighted by Gasteiger charge is -2.30. The molecule has 0 unspecified atom stereocenters. The summed E-state index contributed by atoms with van der Waals surface area (Å²) in [6.45, 7) is 3.25. The van der Waals surface area contributed by atoms with Crippen LogP contribution >= 0.6 is 15.9 Å². The van der Waals surface area contributed by atoms with Crippen molar-refractivity contribution in [3.63, 3.8) is 0 Å². The first kappa shape index (κ1) is 13.6. The zero-order valence-electron chi connectivity index (χ0n) is 11.4. The van der Waals surface area contributed by atoms with Gasteiger partial charge >= 0.3 is 0 Å². The number of rotatable bonds is 2. The third kappa shape index (κ3) is 2.35. The summed E-state index contributed by atoms with van der Waals surface area (Å²) in [5.74, 6) is 0.00746. The van der Waals surface area contributed by atoms with Crippen LogP contribution < -0.4 is 0 Å². The Bertz CT molecular complexity index is 551. The molecule has 1 heterocycles. The van der Waals surface area contributed by atoms with Gasteiger partial charge in [-0.25, -0.2) is 5.01 Å². The standard InChI is InChI=1S/C15H17BrN2O2/c1-15(7-8-15)14(20)18-10-2-9-17(18)13(19)11-3-5-12(16)6-4-11/h3-6H,2,7-10H2,1H3. The summed E-state index contributed by atoms with van der Waals surface area (Å²) in [5, 5.41) is 3.26. The highest BCUT2D eigenvalue weighted by Gasteiger charge is 2.49. The van der Waals surface area contributed by atoms with Gasteiger partial charge in [-0.1, -0.05) is 22.9 Å². The molecule has 2 fully saturated rings. The molecule has 0 radical (unpaired) electrons. The van der Waals surface area contributed by atoms with Gasteiger partial charge in [0, 0.05) is 28.5 Å². The van der Waals surface area contributed by atoms with Crippen molar-refractivity contribution in [3.8, 4) is 0 Å². The summed E-state index contributed by atoms with van der Waals surface area (Å²) >= 11 is 3.36. The number of carbonyl (C=O) groups excluding carboxylic acids is 2. The molecule has 20 heavy (non-hydrogen) atoms. The Morgan fingerprint density at radius 3 is 2.30 bits per heavy atom. The van der Waals surface area contributed by atoms with Crippen molar-refractivity contribution < 1.29 is 9.59 Å². The Morgan fingerprint density at radius 2 is 1.70 bits per heavy atom. The van der Waals surface area contributed by atoms with Crippen LogP contribution in [0.5, 0.6) is 0 Å². The van der Waals surface area contributed by atoms with E-state index >= 15 is 0 Å². The monoisotopic (exact) mass is 336 g/mol. The van der Waals surface area contributed by atoms with Crippen LogP contribution in [-0.2, 0) is 4.79 Å². The van der Waals surface area contributed by atoms with Gasteiger partial charge in [0.15, 0.2) is 0 Å². The topological polar surface area (TPSA) is 40.6 Å². The minimum atomic E-state index is -0.234. The average molecular weight is 337 g/mol. The summed E-state index contributed by atoms with van der Waals surface area (Å²) < 4.78 is 0.939. The van der Waals surface area contributed by atoms with E-state index in [1.54, 1.807) is 22.2 Å². The van der Waals surface area contributed by atoms with Crippen molar-refractivity contribution in [2.45, 2.75) is 26.2 Å². The van der Waals surface area contributed by atoms with Crippen molar-refractivity contribution in [3.05, 3.63) is 34.3 Å². The highest BCUT2D eigenvalue weighted by Crippen LogP contribution is 2.47. The fourth-order valence-electron chi connectivity index (χ4n) is 2.49. The predicted molar refractivity (Wildman–Crippen MR) is 78.8 cm³/mol. The maximum Gasteiger partial charge on any atom is 0.272 e. The summed E-state index contributed by atoms with van der Waals surface area (Å²) in [6, 6.07) is 7.26. The minimum absolute atomic E-state index is 0.0902. The molecule has 3 rings (SSSR count). The van der Waals surface area contributed by atoms with Crippen molar-refractivity contribution in [2.75, 3.05) is 13.1 Å². The van der Waals surface area contributed by atoms with Gasteiger partial charge in [-0.05, 0) is 43.5 Å². The number of carbonyl (C=O) groups is 2. The fourth-order valence-corrected chi connectivity index (χ4v) is 2.75. The molecule has 0 N–H and O–H groups in total. The Kier molecular flexibility index (Phi) is 3.32. The average Bonchev–Trinajstić information content (AvgIpc) is 3.03. The van der Waals surface area contributed by atoms with Crippen molar-refractivity contribution in [2.24, 2.45) is 5.41 Å². The Hall–Kier alpha value is -1.36. The molecule has 2 aliphatic rings. The van der Waals surface area contributed by atoms with Crippen LogP contribution in [0.4, 0.5) is 0 Å². The molecule has 1 aliphatic heterocycles. The zero-order chi connectivity index (χ0) is 14.3. The highest BCUT2D eigenvalue weighted by atomic mass is 79.9. The van der Waals surface area contributed by atoms with Gasteiger partial charge in [0.05, 0.1) is 0 Å². The van der Waals surface area contributed by atoms with Gasteiger partial charge in [0.25, 0.3) is 5.91 Å². The normalized spacial score (nSPS) is 20.1. The largest absolute Gasteiger partial charge is 0.272 e. The molecule has 1 aromatic rings. The highest BCUT2D eigenvalue weighted by molar-refractivity contribution is 9.10. The van der Waals surface area contributed by atoms with Crippen LogP contribution in [0.1, 0.15) is 36.5 Å². The number of hydrogen-bond donors (Lipinski definition) is 0. The molecule has 1 saturated carbocycles. The van der Waals surface area contributed by atoms with Crippen molar-refractivity contribution in [1.82, 2.24) is 10.0 Å². The van der Waals surface area contributed by atoms with E-state index in [2.05, 4.69) is 15.9 Å². The Morgan fingerprint density at radius 1 is 1.10 bits per heavy atom. The van der Waals surface area contributed by atoms with Gasteiger partial charge in [0.2, 0.25) is 5.91 Å². The van der Waals surface area contributed by atoms with Crippen LogP contribution in [-0.4, -0.2) is 34.9 Å². The summed E-state index contributed by atoms with van der Waals surface area (Å²) in [6.07, 6.45) is 2.72. The van der Waals surface area contributed by atoms with E-state index in [-0.39, 0.29) is 17.2 Å². The van der Waals surface area contributed by atoms with Crippen LogP contribution in [0.3, 0.4) is 0 Å². The molecule has 0 bridgehead atoms. The van der Waals surface area contributed by atoms with E-state index in [1.807, 2.05) is 19.1 Å². The number of amides is 2. The molecule has 1 saturated heterocycles. The van der Waals surface area contributed by atoms with E-state index in [4.69, 9.17) is 0 Å². The van der Waals surface area contributed by atoms with E-state index in [9.17, 15) is 9.59 Å². The molecule has 2 amide bonds. The molecular formula is C15H17BrN2O2. The lowest BCUT2D eigenvalue weighted by atomic mass is 10.1. The van der Waals surface area contributed by atoms with Gasteiger partial charge in [-0.2, -0.15) is 0 Å². The van der Waals surface area contributed by atoms with Crippen molar-refractivity contribution >= 4 is 27.7 Å². The molecule has 0 spiro atoms. The van der Waals surface area contributed by atoms with Crippen LogP contribution in [0, 0.1) is 5.41 Å². The maximum atomic E-state index is 12.5. The lowest BCUT2D eigenvalue weighted by molar-refractivity contribution is -0.146. The molecular weight excluding hydrogens is 320 g/mol. The summed E-state index contributed by atoms with van der Waals surface area (Å²) in [4.78, 5) is 25.0.